The molecular weight excluding hydrogens is 283 g/mol. The Bertz CT molecular complexity index is 587. The van der Waals surface area contributed by atoms with E-state index in [1.165, 1.54) is 0 Å². The zero-order chi connectivity index (χ0) is 13.7. The lowest BCUT2D eigenvalue weighted by atomic mass is 10.3. The molecule has 0 aliphatic heterocycles. The Balaban J connectivity index is 2.18. The minimum Gasteiger partial charge on any atom is -0.351 e. The molecule has 0 aliphatic rings. The topological polar surface area (TPSA) is 49.8 Å². The smallest absolute Gasteiger partial charge is 0.224 e. The molecule has 2 aromatic rings. The maximum absolute atomic E-state index is 6.08. The van der Waals surface area contributed by atoms with Crippen molar-refractivity contribution in [1.82, 2.24) is 9.97 Å². The first kappa shape index (κ1) is 13.6. The molecule has 0 unspecified atom stereocenters. The molecule has 6 heteroatoms. The number of halogens is 2. The number of nitrogens with zero attached hydrogens (tertiary/aromatic N) is 2. The zero-order valence-electron chi connectivity index (χ0n) is 10.0. The van der Waals surface area contributed by atoms with Crippen LogP contribution in [0.15, 0.2) is 43.1 Å². The van der Waals surface area contributed by atoms with Gasteiger partial charge in [0.1, 0.15) is 5.82 Å². The van der Waals surface area contributed by atoms with Crippen LogP contribution in [0.2, 0.25) is 10.0 Å². The summed E-state index contributed by atoms with van der Waals surface area (Å²) in [4.78, 5) is 8.38. The molecule has 2 rings (SSSR count). The van der Waals surface area contributed by atoms with Crippen LogP contribution in [-0.2, 0) is 0 Å². The second kappa shape index (κ2) is 6.41. The molecule has 1 aromatic heterocycles. The number of anilines is 3. The fourth-order valence-electron chi connectivity index (χ4n) is 1.41. The lowest BCUT2D eigenvalue weighted by Gasteiger charge is -2.09. The van der Waals surface area contributed by atoms with Gasteiger partial charge < -0.3 is 10.6 Å². The van der Waals surface area contributed by atoms with Crippen LogP contribution >= 0.6 is 23.2 Å². The Labute approximate surface area is 121 Å². The van der Waals surface area contributed by atoms with Crippen molar-refractivity contribution < 1.29 is 0 Å². The third-order valence-electron chi connectivity index (χ3n) is 2.25. The van der Waals surface area contributed by atoms with Crippen molar-refractivity contribution in [2.45, 2.75) is 0 Å². The van der Waals surface area contributed by atoms with Crippen molar-refractivity contribution in [2.75, 3.05) is 17.2 Å². The van der Waals surface area contributed by atoms with Crippen molar-refractivity contribution in [1.29, 1.82) is 0 Å². The first-order valence-corrected chi connectivity index (χ1v) is 6.34. The van der Waals surface area contributed by atoms with Gasteiger partial charge in [-0.1, -0.05) is 29.3 Å². The van der Waals surface area contributed by atoms with Crippen LogP contribution in [0.3, 0.4) is 0 Å². The average Bonchev–Trinajstić information content (AvgIpc) is 2.41. The molecule has 4 nitrogen and oxygen atoms in total. The van der Waals surface area contributed by atoms with Gasteiger partial charge >= 0.3 is 0 Å². The number of benzene rings is 1. The molecule has 0 radical (unpaired) electrons. The summed E-state index contributed by atoms with van der Waals surface area (Å²) in [7, 11) is 0. The summed E-state index contributed by atoms with van der Waals surface area (Å²) in [6.45, 7) is 4.22. The fourth-order valence-corrected chi connectivity index (χ4v) is 1.75. The van der Waals surface area contributed by atoms with E-state index in [4.69, 9.17) is 23.2 Å². The molecule has 0 saturated carbocycles. The van der Waals surface area contributed by atoms with Crippen LogP contribution in [0.4, 0.5) is 17.5 Å². The van der Waals surface area contributed by atoms with E-state index >= 15 is 0 Å². The van der Waals surface area contributed by atoms with Crippen LogP contribution in [0, 0.1) is 0 Å². The van der Waals surface area contributed by atoms with Gasteiger partial charge in [-0.2, -0.15) is 4.98 Å². The van der Waals surface area contributed by atoms with Crippen LogP contribution in [0.25, 0.3) is 0 Å². The molecule has 19 heavy (non-hydrogen) atoms. The molecule has 0 bridgehead atoms. The number of hydrogen-bond acceptors (Lipinski definition) is 4. The summed E-state index contributed by atoms with van der Waals surface area (Å²) in [5.74, 6) is 1.15. The highest BCUT2D eigenvalue weighted by Gasteiger charge is 2.03. The Morgan fingerprint density at radius 1 is 1.26 bits per heavy atom. The lowest BCUT2D eigenvalue weighted by Crippen LogP contribution is -2.04. The fraction of sp³-hybridized carbons (Fsp3) is 0.0769. The standard InChI is InChI=1S/C13H12Cl2N4/c1-2-6-16-13-17-7-5-12(19-13)18-11-8-9(14)3-4-10(11)15/h2-5,7-8H,1,6H2,(H2,16,17,18,19). The number of rotatable bonds is 5. The highest BCUT2D eigenvalue weighted by molar-refractivity contribution is 6.35. The van der Waals surface area contributed by atoms with Gasteiger partial charge in [0.15, 0.2) is 0 Å². The number of hydrogen-bond donors (Lipinski definition) is 2. The van der Waals surface area contributed by atoms with E-state index in [0.717, 1.165) is 0 Å². The van der Waals surface area contributed by atoms with Crippen LogP contribution in [-0.4, -0.2) is 16.5 Å². The van der Waals surface area contributed by atoms with E-state index in [9.17, 15) is 0 Å². The van der Waals surface area contributed by atoms with Gasteiger partial charge in [0.25, 0.3) is 0 Å². The van der Waals surface area contributed by atoms with Crippen molar-refractivity contribution in [3.63, 3.8) is 0 Å². The first-order chi connectivity index (χ1) is 9.19. The number of nitrogens with one attached hydrogen (secondary N) is 2. The van der Waals surface area contributed by atoms with E-state index in [1.54, 1.807) is 36.5 Å². The minimum atomic E-state index is 0.517. The molecule has 0 spiro atoms. The van der Waals surface area contributed by atoms with E-state index in [-0.39, 0.29) is 0 Å². The van der Waals surface area contributed by atoms with Gasteiger partial charge in [0.05, 0.1) is 10.7 Å². The normalized spacial score (nSPS) is 10.0. The van der Waals surface area contributed by atoms with Gasteiger partial charge in [-0.25, -0.2) is 4.98 Å². The maximum Gasteiger partial charge on any atom is 0.224 e. The summed E-state index contributed by atoms with van der Waals surface area (Å²) in [6.07, 6.45) is 3.39. The Hall–Kier alpha value is -1.78. The molecule has 2 N–H and O–H groups in total. The van der Waals surface area contributed by atoms with Crippen LogP contribution in [0.1, 0.15) is 0 Å². The SMILES string of the molecule is C=CCNc1nccc(Nc2cc(Cl)ccc2Cl)n1. The molecular formula is C13H12Cl2N4. The largest absolute Gasteiger partial charge is 0.351 e. The van der Waals surface area contributed by atoms with E-state index < -0.39 is 0 Å². The molecule has 0 saturated heterocycles. The first-order valence-electron chi connectivity index (χ1n) is 5.59. The zero-order valence-corrected chi connectivity index (χ0v) is 11.5. The molecule has 98 valence electrons. The summed E-state index contributed by atoms with van der Waals surface area (Å²) in [5.41, 5.74) is 0.697. The Morgan fingerprint density at radius 2 is 2.11 bits per heavy atom. The Morgan fingerprint density at radius 3 is 2.89 bits per heavy atom. The lowest BCUT2D eigenvalue weighted by molar-refractivity contribution is 1.12. The van der Waals surface area contributed by atoms with Crippen molar-refractivity contribution in [2.24, 2.45) is 0 Å². The van der Waals surface area contributed by atoms with Crippen LogP contribution < -0.4 is 10.6 Å². The molecule has 1 aromatic carbocycles. The minimum absolute atomic E-state index is 0.517. The monoisotopic (exact) mass is 294 g/mol. The summed E-state index contributed by atoms with van der Waals surface area (Å²) < 4.78 is 0. The third kappa shape index (κ3) is 3.84. The van der Waals surface area contributed by atoms with Gasteiger partial charge in [-0.3, -0.25) is 0 Å². The second-order valence-corrected chi connectivity index (χ2v) is 4.53. The van der Waals surface area contributed by atoms with Gasteiger partial charge in [-0.15, -0.1) is 6.58 Å². The van der Waals surface area contributed by atoms with Crippen molar-refractivity contribution >= 4 is 40.7 Å². The highest BCUT2D eigenvalue weighted by atomic mass is 35.5. The predicted octanol–water partition coefficient (Wildman–Crippen LogP) is 4.12. The predicted molar refractivity (Wildman–Crippen MR) is 80.5 cm³/mol. The highest BCUT2D eigenvalue weighted by Crippen LogP contribution is 2.27. The summed E-state index contributed by atoms with van der Waals surface area (Å²) >= 11 is 12.0. The van der Waals surface area contributed by atoms with E-state index in [2.05, 4.69) is 27.2 Å². The second-order valence-electron chi connectivity index (χ2n) is 3.68. The van der Waals surface area contributed by atoms with Gasteiger partial charge in [0, 0.05) is 17.8 Å². The third-order valence-corrected chi connectivity index (χ3v) is 2.82. The molecule has 0 aliphatic carbocycles. The molecule has 0 atom stereocenters. The Kier molecular flexibility index (Phi) is 4.60. The molecule has 1 heterocycles. The van der Waals surface area contributed by atoms with E-state index in [1.807, 2.05) is 0 Å². The molecule has 0 fully saturated rings. The number of aromatic nitrogens is 2. The average molecular weight is 295 g/mol. The van der Waals surface area contributed by atoms with Crippen LogP contribution in [0.5, 0.6) is 0 Å². The molecule has 0 amide bonds. The van der Waals surface area contributed by atoms with Crippen molar-refractivity contribution in [3.8, 4) is 0 Å². The maximum atomic E-state index is 6.08. The van der Waals surface area contributed by atoms with Gasteiger partial charge in [-0.05, 0) is 24.3 Å². The quantitative estimate of drug-likeness (QED) is 0.814. The van der Waals surface area contributed by atoms with Crippen molar-refractivity contribution in [3.05, 3.63) is 53.2 Å². The summed E-state index contributed by atoms with van der Waals surface area (Å²) in [6, 6.07) is 6.94. The van der Waals surface area contributed by atoms with E-state index in [0.29, 0.717) is 34.0 Å². The summed E-state index contributed by atoms with van der Waals surface area (Å²) in [5, 5.41) is 7.28. The van der Waals surface area contributed by atoms with Gasteiger partial charge in [0.2, 0.25) is 5.95 Å².